The van der Waals surface area contributed by atoms with Crippen LogP contribution in [0.5, 0.6) is 0 Å². The Morgan fingerprint density at radius 1 is 0.958 bits per heavy atom. The molecular formula is C21H33IO2. The molecule has 0 bridgehead atoms. The van der Waals surface area contributed by atoms with Crippen LogP contribution in [0.2, 0.25) is 0 Å². The number of ketones is 1. The molecular weight excluding hydrogens is 411 g/mol. The molecule has 4 fully saturated rings. The highest BCUT2D eigenvalue weighted by atomic mass is 127. The lowest BCUT2D eigenvalue weighted by atomic mass is 9.44. The smallest absolute Gasteiger partial charge is 0.133 e. The van der Waals surface area contributed by atoms with Crippen LogP contribution in [-0.2, 0) is 4.79 Å². The van der Waals surface area contributed by atoms with E-state index < -0.39 is 3.61 Å². The van der Waals surface area contributed by atoms with Crippen molar-refractivity contribution in [3.63, 3.8) is 0 Å². The molecule has 2 nitrogen and oxygen atoms in total. The fraction of sp³-hybridized carbons (Fsp3) is 0.952. The Morgan fingerprint density at radius 2 is 1.67 bits per heavy atom. The molecule has 0 heterocycles. The van der Waals surface area contributed by atoms with Crippen molar-refractivity contribution in [2.75, 3.05) is 0 Å². The molecule has 4 aliphatic carbocycles. The molecule has 0 aromatic heterocycles. The molecule has 24 heavy (non-hydrogen) atoms. The molecule has 8 atom stereocenters. The van der Waals surface area contributed by atoms with Crippen molar-refractivity contribution in [3.8, 4) is 0 Å². The summed E-state index contributed by atoms with van der Waals surface area (Å²) in [5, 5.41) is 10.6. The van der Waals surface area contributed by atoms with Crippen molar-refractivity contribution >= 4 is 28.4 Å². The van der Waals surface area contributed by atoms with Crippen molar-refractivity contribution in [2.45, 2.75) is 82.2 Å². The summed E-state index contributed by atoms with van der Waals surface area (Å²) < 4.78 is -0.467. The number of aliphatic hydroxyl groups is 1. The summed E-state index contributed by atoms with van der Waals surface area (Å²) >= 11 is 2.29. The minimum absolute atomic E-state index is 0.273. The summed E-state index contributed by atoms with van der Waals surface area (Å²) in [6.45, 7) is 6.80. The van der Waals surface area contributed by atoms with Crippen LogP contribution in [0.4, 0.5) is 0 Å². The zero-order valence-electron chi connectivity index (χ0n) is 15.5. The van der Waals surface area contributed by atoms with Crippen LogP contribution in [0.25, 0.3) is 0 Å². The molecule has 0 aromatic carbocycles. The average molecular weight is 444 g/mol. The van der Waals surface area contributed by atoms with E-state index in [2.05, 4.69) is 36.4 Å². The van der Waals surface area contributed by atoms with Gasteiger partial charge in [0.05, 0.1) is 0 Å². The number of alkyl halides is 1. The third kappa shape index (κ3) is 2.46. The van der Waals surface area contributed by atoms with E-state index in [1.165, 1.54) is 38.5 Å². The maximum absolute atomic E-state index is 12.2. The fourth-order valence-corrected chi connectivity index (χ4v) is 8.67. The second-order valence-corrected chi connectivity index (χ2v) is 12.1. The lowest BCUT2D eigenvalue weighted by Crippen LogP contribution is -2.55. The van der Waals surface area contributed by atoms with Crippen LogP contribution >= 0.6 is 22.6 Å². The predicted octanol–water partition coefficient (Wildman–Crippen LogP) is 5.36. The molecule has 1 N–H and O–H groups in total. The van der Waals surface area contributed by atoms with Crippen molar-refractivity contribution < 1.29 is 9.90 Å². The fourth-order valence-electron chi connectivity index (χ4n) is 7.87. The minimum Gasteiger partial charge on any atom is -0.380 e. The first-order valence-corrected chi connectivity index (χ1v) is 11.2. The second-order valence-electron chi connectivity index (χ2n) is 10.1. The highest BCUT2D eigenvalue weighted by molar-refractivity contribution is 14.1. The number of Topliss-reactive ketones (excluding diaryl/α,β-unsaturated/α-hetero) is 1. The Morgan fingerprint density at radius 3 is 2.38 bits per heavy atom. The van der Waals surface area contributed by atoms with Gasteiger partial charge in [0.15, 0.2) is 0 Å². The standard InChI is InChI=1S/C21H33IO2/c1-13(23)16-6-7-17-15-5-4-14-12-21(22,24)11-10-19(14,2)18(15)8-9-20(16,17)3/h14-18,24H,4-12H2,1-3H3/t14-,15?,16-,17?,18?,19+,20-,21+/m1/s1. The summed E-state index contributed by atoms with van der Waals surface area (Å²) in [6.07, 6.45) is 10.7. The molecule has 0 aromatic rings. The number of fused-ring (bicyclic) bond motifs is 5. The Balaban J connectivity index is 1.61. The second kappa shape index (κ2) is 5.68. The van der Waals surface area contributed by atoms with Gasteiger partial charge < -0.3 is 5.11 Å². The molecule has 3 heteroatoms. The zero-order chi connectivity index (χ0) is 17.3. The topological polar surface area (TPSA) is 37.3 Å². The Hall–Kier alpha value is 0.360. The van der Waals surface area contributed by atoms with E-state index >= 15 is 0 Å². The molecule has 0 spiro atoms. The zero-order valence-corrected chi connectivity index (χ0v) is 17.6. The SMILES string of the molecule is CC(=O)[C@H]1CCC2C3CC[C@@H]4C[C@](O)(I)CC[C@]4(C)C3CC[C@@]21C. The Bertz CT molecular complexity index is 544. The molecule has 3 unspecified atom stereocenters. The van der Waals surface area contributed by atoms with E-state index in [9.17, 15) is 9.90 Å². The third-order valence-corrected chi connectivity index (χ3v) is 10.1. The highest BCUT2D eigenvalue weighted by Crippen LogP contribution is 2.68. The summed E-state index contributed by atoms with van der Waals surface area (Å²) in [6, 6.07) is 0. The number of hydrogen-bond acceptors (Lipinski definition) is 2. The molecule has 0 radical (unpaired) electrons. The lowest BCUT2D eigenvalue weighted by molar-refractivity contribution is -0.139. The number of carbonyl (C=O) groups is 1. The average Bonchev–Trinajstić information content (AvgIpc) is 2.85. The van der Waals surface area contributed by atoms with Gasteiger partial charge in [-0.25, -0.2) is 0 Å². The van der Waals surface area contributed by atoms with Crippen LogP contribution in [0, 0.1) is 40.4 Å². The molecule has 4 saturated carbocycles. The number of halogens is 1. The van der Waals surface area contributed by atoms with Gasteiger partial charge in [0.1, 0.15) is 9.39 Å². The van der Waals surface area contributed by atoms with E-state index in [0.717, 1.165) is 37.0 Å². The maximum atomic E-state index is 12.2. The van der Waals surface area contributed by atoms with Crippen molar-refractivity contribution in [3.05, 3.63) is 0 Å². The van der Waals surface area contributed by atoms with Crippen LogP contribution in [0.3, 0.4) is 0 Å². The molecule has 0 amide bonds. The number of carbonyl (C=O) groups excluding carboxylic acids is 1. The number of hydrogen-bond donors (Lipinski definition) is 1. The van der Waals surface area contributed by atoms with E-state index in [1.54, 1.807) is 0 Å². The summed E-state index contributed by atoms with van der Waals surface area (Å²) in [4.78, 5) is 12.2. The van der Waals surface area contributed by atoms with E-state index in [-0.39, 0.29) is 5.41 Å². The third-order valence-electron chi connectivity index (χ3n) is 9.16. The van der Waals surface area contributed by atoms with Crippen LogP contribution in [0.1, 0.15) is 78.6 Å². The van der Waals surface area contributed by atoms with E-state index in [4.69, 9.17) is 0 Å². The van der Waals surface area contributed by atoms with Gasteiger partial charge in [0.25, 0.3) is 0 Å². The minimum atomic E-state index is -0.467. The summed E-state index contributed by atoms with van der Waals surface area (Å²) in [5.74, 6) is 3.88. The van der Waals surface area contributed by atoms with Crippen LogP contribution < -0.4 is 0 Å². The molecule has 4 rings (SSSR count). The van der Waals surface area contributed by atoms with Crippen molar-refractivity contribution in [1.82, 2.24) is 0 Å². The first kappa shape index (κ1) is 17.8. The molecule has 0 saturated heterocycles. The summed E-state index contributed by atoms with van der Waals surface area (Å²) in [5.41, 5.74) is 0.699. The van der Waals surface area contributed by atoms with Crippen molar-refractivity contribution in [2.24, 2.45) is 40.4 Å². The monoisotopic (exact) mass is 444 g/mol. The Kier molecular flexibility index (Phi) is 4.20. The normalized spacial score (nSPS) is 57.0. The highest BCUT2D eigenvalue weighted by Gasteiger charge is 2.61. The quantitative estimate of drug-likeness (QED) is 0.437. The predicted molar refractivity (Wildman–Crippen MR) is 105 cm³/mol. The van der Waals surface area contributed by atoms with Gasteiger partial charge in [-0.3, -0.25) is 4.79 Å². The van der Waals surface area contributed by atoms with Crippen LogP contribution in [-0.4, -0.2) is 14.5 Å². The molecule has 136 valence electrons. The van der Waals surface area contributed by atoms with Gasteiger partial charge in [0.2, 0.25) is 0 Å². The van der Waals surface area contributed by atoms with Gasteiger partial charge in [0, 0.05) is 5.92 Å². The van der Waals surface area contributed by atoms with Gasteiger partial charge in [-0.2, -0.15) is 0 Å². The molecule has 0 aliphatic heterocycles. The van der Waals surface area contributed by atoms with Crippen LogP contribution in [0.15, 0.2) is 0 Å². The lowest BCUT2D eigenvalue weighted by Gasteiger charge is -2.61. The van der Waals surface area contributed by atoms with Gasteiger partial charge in [-0.15, -0.1) is 0 Å². The van der Waals surface area contributed by atoms with Gasteiger partial charge in [-0.05, 0) is 122 Å². The van der Waals surface area contributed by atoms with Crippen molar-refractivity contribution in [1.29, 1.82) is 0 Å². The molecule has 4 aliphatic rings. The largest absolute Gasteiger partial charge is 0.380 e. The summed E-state index contributed by atoms with van der Waals surface area (Å²) in [7, 11) is 0. The number of rotatable bonds is 1. The van der Waals surface area contributed by atoms with Gasteiger partial charge in [-0.1, -0.05) is 13.8 Å². The van der Waals surface area contributed by atoms with E-state index in [0.29, 0.717) is 23.0 Å². The first-order valence-electron chi connectivity index (χ1n) is 10.1. The first-order chi connectivity index (χ1) is 11.2. The van der Waals surface area contributed by atoms with Gasteiger partial charge >= 0.3 is 0 Å². The Labute approximate surface area is 160 Å². The maximum Gasteiger partial charge on any atom is 0.133 e. The van der Waals surface area contributed by atoms with E-state index in [1.807, 2.05) is 6.92 Å².